The molecule has 17 heavy (non-hydrogen) atoms. The van der Waals surface area contributed by atoms with Crippen molar-refractivity contribution < 1.29 is 4.74 Å². The van der Waals surface area contributed by atoms with Crippen molar-refractivity contribution in [2.45, 2.75) is 18.2 Å². The highest BCUT2D eigenvalue weighted by Crippen LogP contribution is 2.36. The lowest BCUT2D eigenvalue weighted by Crippen LogP contribution is -2.16. The van der Waals surface area contributed by atoms with E-state index < -0.39 is 0 Å². The Kier molecular flexibility index (Phi) is 2.73. The molecule has 0 aliphatic carbocycles. The maximum absolute atomic E-state index is 5.72. The molecule has 0 saturated heterocycles. The predicted molar refractivity (Wildman–Crippen MR) is 64.3 cm³/mol. The first-order valence-electron chi connectivity index (χ1n) is 5.57. The minimum atomic E-state index is 0.202. The van der Waals surface area contributed by atoms with E-state index in [0.29, 0.717) is 18.3 Å². The fraction of sp³-hybridized carbons (Fsp3) is 0.333. The standard InChI is InChI=1S/C12H12ClN3O/c13-7-11-14-12(16-15-11)9-5-6-17-10-4-2-1-3-8(9)10/h1-4,9H,5-7H2,(H,14,15,16). The molecular formula is C12H12ClN3O. The highest BCUT2D eigenvalue weighted by molar-refractivity contribution is 6.16. The van der Waals surface area contributed by atoms with Crippen molar-refractivity contribution in [2.24, 2.45) is 0 Å². The van der Waals surface area contributed by atoms with Gasteiger partial charge in [-0.2, -0.15) is 5.10 Å². The second-order valence-electron chi connectivity index (χ2n) is 4.00. The van der Waals surface area contributed by atoms with Crippen LogP contribution in [0, 0.1) is 0 Å². The number of H-pyrrole nitrogens is 1. The quantitative estimate of drug-likeness (QED) is 0.832. The minimum absolute atomic E-state index is 0.202. The number of ether oxygens (including phenoxy) is 1. The molecule has 4 nitrogen and oxygen atoms in total. The summed E-state index contributed by atoms with van der Waals surface area (Å²) >= 11 is 5.72. The van der Waals surface area contributed by atoms with Crippen molar-refractivity contribution in [1.82, 2.24) is 15.2 Å². The lowest BCUT2D eigenvalue weighted by atomic mass is 9.92. The van der Waals surface area contributed by atoms with Crippen LogP contribution in [0.1, 0.15) is 29.6 Å². The summed E-state index contributed by atoms with van der Waals surface area (Å²) in [6, 6.07) is 8.03. The molecule has 3 rings (SSSR count). The van der Waals surface area contributed by atoms with Crippen LogP contribution in [-0.4, -0.2) is 21.8 Å². The van der Waals surface area contributed by atoms with Crippen LogP contribution >= 0.6 is 11.6 Å². The van der Waals surface area contributed by atoms with E-state index in [9.17, 15) is 0 Å². The van der Waals surface area contributed by atoms with Gasteiger partial charge in [-0.25, -0.2) is 4.98 Å². The molecule has 1 aromatic heterocycles. The van der Waals surface area contributed by atoms with Crippen LogP contribution in [0.4, 0.5) is 0 Å². The van der Waals surface area contributed by atoms with E-state index in [-0.39, 0.29) is 5.92 Å². The Bertz CT molecular complexity index is 526. The molecule has 0 spiro atoms. The van der Waals surface area contributed by atoms with Gasteiger partial charge in [-0.15, -0.1) is 11.6 Å². The number of halogens is 1. The highest BCUT2D eigenvalue weighted by atomic mass is 35.5. The molecule has 1 atom stereocenters. The average Bonchev–Trinajstić information content (AvgIpc) is 2.87. The molecule has 2 heterocycles. The van der Waals surface area contributed by atoms with Crippen LogP contribution in [0.15, 0.2) is 24.3 Å². The summed E-state index contributed by atoms with van der Waals surface area (Å²) in [5.41, 5.74) is 1.15. The van der Waals surface area contributed by atoms with Gasteiger partial charge < -0.3 is 4.74 Å². The normalized spacial score (nSPS) is 18.5. The third-order valence-corrected chi connectivity index (χ3v) is 3.20. The van der Waals surface area contributed by atoms with Gasteiger partial charge in [0.15, 0.2) is 5.82 Å². The van der Waals surface area contributed by atoms with Crippen LogP contribution in [0.2, 0.25) is 0 Å². The molecule has 0 saturated carbocycles. The summed E-state index contributed by atoms with van der Waals surface area (Å²) in [6.45, 7) is 0.701. The molecule has 0 bridgehead atoms. The number of hydrogen-bond acceptors (Lipinski definition) is 3. The molecule has 1 aromatic carbocycles. The van der Waals surface area contributed by atoms with Gasteiger partial charge in [0, 0.05) is 5.56 Å². The number of aromatic nitrogens is 3. The van der Waals surface area contributed by atoms with E-state index in [4.69, 9.17) is 16.3 Å². The van der Waals surface area contributed by atoms with Crippen molar-refractivity contribution in [3.05, 3.63) is 41.5 Å². The lowest BCUT2D eigenvalue weighted by Gasteiger charge is -2.23. The molecular weight excluding hydrogens is 238 g/mol. The van der Waals surface area contributed by atoms with Crippen molar-refractivity contribution >= 4 is 11.6 Å². The molecule has 0 amide bonds. The SMILES string of the molecule is ClCc1nc(C2CCOc3ccccc32)n[nH]1. The first kappa shape index (κ1) is 10.6. The Morgan fingerprint density at radius 1 is 1.41 bits per heavy atom. The second-order valence-corrected chi connectivity index (χ2v) is 4.27. The van der Waals surface area contributed by atoms with Gasteiger partial charge in [0.05, 0.1) is 18.4 Å². The maximum Gasteiger partial charge on any atom is 0.158 e. The zero-order chi connectivity index (χ0) is 11.7. The summed E-state index contributed by atoms with van der Waals surface area (Å²) in [7, 11) is 0. The lowest BCUT2D eigenvalue weighted by molar-refractivity contribution is 0.274. The van der Waals surface area contributed by atoms with Crippen LogP contribution < -0.4 is 4.74 Å². The van der Waals surface area contributed by atoms with Crippen LogP contribution in [0.3, 0.4) is 0 Å². The second kappa shape index (κ2) is 4.37. The summed E-state index contributed by atoms with van der Waals surface area (Å²) in [6.07, 6.45) is 0.899. The molecule has 0 fully saturated rings. The first-order valence-corrected chi connectivity index (χ1v) is 6.11. The van der Waals surface area contributed by atoms with Gasteiger partial charge in [0.25, 0.3) is 0 Å². The van der Waals surface area contributed by atoms with Gasteiger partial charge in [-0.1, -0.05) is 18.2 Å². The number of para-hydroxylation sites is 1. The summed E-state index contributed by atoms with van der Waals surface area (Å²) in [4.78, 5) is 4.40. The van der Waals surface area contributed by atoms with E-state index in [1.807, 2.05) is 18.2 Å². The topological polar surface area (TPSA) is 50.8 Å². The maximum atomic E-state index is 5.72. The zero-order valence-corrected chi connectivity index (χ0v) is 9.94. The van der Waals surface area contributed by atoms with E-state index in [1.165, 1.54) is 0 Å². The van der Waals surface area contributed by atoms with Crippen molar-refractivity contribution in [1.29, 1.82) is 0 Å². The number of nitrogens with one attached hydrogen (secondary N) is 1. The smallest absolute Gasteiger partial charge is 0.158 e. The monoisotopic (exact) mass is 249 g/mol. The number of hydrogen-bond donors (Lipinski definition) is 1. The van der Waals surface area contributed by atoms with Crippen molar-refractivity contribution in [2.75, 3.05) is 6.61 Å². The molecule has 1 aliphatic heterocycles. The fourth-order valence-electron chi connectivity index (χ4n) is 2.14. The number of rotatable bonds is 2. The number of alkyl halides is 1. The largest absolute Gasteiger partial charge is 0.493 e. The third-order valence-electron chi connectivity index (χ3n) is 2.95. The van der Waals surface area contributed by atoms with Crippen LogP contribution in [0.5, 0.6) is 5.75 Å². The van der Waals surface area contributed by atoms with Crippen molar-refractivity contribution in [3.8, 4) is 5.75 Å². The van der Waals surface area contributed by atoms with Gasteiger partial charge >= 0.3 is 0 Å². The molecule has 1 unspecified atom stereocenters. The van der Waals surface area contributed by atoms with Crippen molar-refractivity contribution in [3.63, 3.8) is 0 Å². The average molecular weight is 250 g/mol. The summed E-state index contributed by atoms with van der Waals surface area (Å²) < 4.78 is 5.62. The highest BCUT2D eigenvalue weighted by Gasteiger charge is 2.25. The number of benzene rings is 1. The number of aromatic amines is 1. The Balaban J connectivity index is 1.99. The van der Waals surface area contributed by atoms with Crippen LogP contribution in [-0.2, 0) is 5.88 Å². The van der Waals surface area contributed by atoms with E-state index in [2.05, 4.69) is 21.2 Å². The third kappa shape index (κ3) is 1.89. The van der Waals surface area contributed by atoms with Crippen LogP contribution in [0.25, 0.3) is 0 Å². The van der Waals surface area contributed by atoms with Gasteiger partial charge in [-0.05, 0) is 12.5 Å². The molecule has 5 heteroatoms. The zero-order valence-electron chi connectivity index (χ0n) is 9.19. The van der Waals surface area contributed by atoms with E-state index in [1.54, 1.807) is 0 Å². The summed E-state index contributed by atoms with van der Waals surface area (Å²) in [5.74, 6) is 3.01. The molecule has 2 aromatic rings. The summed E-state index contributed by atoms with van der Waals surface area (Å²) in [5, 5.41) is 7.08. The Morgan fingerprint density at radius 2 is 2.29 bits per heavy atom. The van der Waals surface area contributed by atoms with Gasteiger partial charge in [-0.3, -0.25) is 5.10 Å². The Labute approximate surface area is 104 Å². The van der Waals surface area contributed by atoms with E-state index >= 15 is 0 Å². The molecule has 0 radical (unpaired) electrons. The molecule has 1 aliphatic rings. The van der Waals surface area contributed by atoms with Gasteiger partial charge in [0.1, 0.15) is 11.6 Å². The van der Waals surface area contributed by atoms with Gasteiger partial charge in [0.2, 0.25) is 0 Å². The first-order chi connectivity index (χ1) is 8.38. The molecule has 88 valence electrons. The predicted octanol–water partition coefficient (Wildman–Crippen LogP) is 2.46. The van der Waals surface area contributed by atoms with E-state index in [0.717, 1.165) is 23.6 Å². The Morgan fingerprint density at radius 3 is 3.12 bits per heavy atom. The number of nitrogens with zero attached hydrogens (tertiary/aromatic N) is 2. The Hall–Kier alpha value is -1.55. The number of fused-ring (bicyclic) bond motifs is 1. The minimum Gasteiger partial charge on any atom is -0.493 e. The molecule has 1 N–H and O–H groups in total. The fourth-order valence-corrected chi connectivity index (χ4v) is 2.26.